The third kappa shape index (κ3) is 17.1. The second-order valence-electron chi connectivity index (χ2n) is 9.83. The van der Waals surface area contributed by atoms with Crippen molar-refractivity contribution in [2.24, 2.45) is 5.41 Å². The van der Waals surface area contributed by atoms with Gasteiger partial charge < -0.3 is 10.1 Å². The average molecular weight is 426 g/mol. The van der Waals surface area contributed by atoms with Crippen LogP contribution in [0.2, 0.25) is 0 Å². The van der Waals surface area contributed by atoms with Crippen LogP contribution in [0.5, 0.6) is 0 Å². The number of hydrogen-bond donors (Lipinski definition) is 1. The van der Waals surface area contributed by atoms with E-state index in [9.17, 15) is 4.79 Å². The molecule has 1 N–H and O–H groups in total. The third-order valence-corrected chi connectivity index (χ3v) is 6.24. The smallest absolute Gasteiger partial charge is 0.311 e. The van der Waals surface area contributed by atoms with Crippen molar-refractivity contribution < 1.29 is 9.53 Å². The summed E-state index contributed by atoms with van der Waals surface area (Å²) in [4.78, 5) is 12.9. The molecule has 0 aromatic heterocycles. The third-order valence-electron chi connectivity index (χ3n) is 6.24. The fraction of sp³-hybridized carbons (Fsp3) is 0.963. The summed E-state index contributed by atoms with van der Waals surface area (Å²) < 4.78 is 6.09. The lowest BCUT2D eigenvalue weighted by Gasteiger charge is -2.27. The van der Waals surface area contributed by atoms with Crippen molar-refractivity contribution in [3.63, 3.8) is 0 Å². The molecule has 0 fully saturated rings. The largest absolute Gasteiger partial charge is 0.462 e. The molecule has 30 heavy (non-hydrogen) atoms. The predicted molar refractivity (Wildman–Crippen MR) is 132 cm³/mol. The Morgan fingerprint density at radius 2 is 1.23 bits per heavy atom. The predicted octanol–water partition coefficient (Wildman–Crippen LogP) is 8.21. The van der Waals surface area contributed by atoms with Crippen molar-refractivity contribution in [2.75, 3.05) is 13.1 Å². The zero-order chi connectivity index (χ0) is 22.5. The molecule has 180 valence electrons. The molecule has 0 saturated carbocycles. The second kappa shape index (κ2) is 20.3. The molecular formula is C27H55NO2. The molecule has 0 spiro atoms. The highest BCUT2D eigenvalue weighted by atomic mass is 16.5. The van der Waals surface area contributed by atoms with Gasteiger partial charge in [0.15, 0.2) is 0 Å². The molecule has 0 aromatic carbocycles. The SMILES string of the molecule is CCCCCCCC(CCCCCCC)OC(=O)C(C)(C)CCCCCCNCC. The maximum Gasteiger partial charge on any atom is 0.311 e. The molecule has 0 aliphatic rings. The van der Waals surface area contributed by atoms with E-state index >= 15 is 0 Å². The Kier molecular flexibility index (Phi) is 20.0. The van der Waals surface area contributed by atoms with E-state index in [1.54, 1.807) is 0 Å². The van der Waals surface area contributed by atoms with E-state index in [-0.39, 0.29) is 17.5 Å². The Balaban J connectivity index is 4.32. The number of ether oxygens (including phenoxy) is 1. The van der Waals surface area contributed by atoms with Crippen LogP contribution in [0.1, 0.15) is 144 Å². The highest BCUT2D eigenvalue weighted by molar-refractivity contribution is 5.76. The van der Waals surface area contributed by atoms with Gasteiger partial charge in [0, 0.05) is 0 Å². The maximum atomic E-state index is 12.9. The van der Waals surface area contributed by atoms with Crippen molar-refractivity contribution in [3.05, 3.63) is 0 Å². The summed E-state index contributed by atoms with van der Waals surface area (Å²) in [6.07, 6.45) is 20.7. The van der Waals surface area contributed by atoms with Gasteiger partial charge >= 0.3 is 5.97 Å². The van der Waals surface area contributed by atoms with Crippen LogP contribution < -0.4 is 5.32 Å². The van der Waals surface area contributed by atoms with Gasteiger partial charge in [0.1, 0.15) is 6.10 Å². The van der Waals surface area contributed by atoms with E-state index in [0.717, 1.165) is 38.8 Å². The average Bonchev–Trinajstić information content (AvgIpc) is 2.72. The van der Waals surface area contributed by atoms with E-state index in [4.69, 9.17) is 4.74 Å². The first-order chi connectivity index (χ1) is 14.5. The van der Waals surface area contributed by atoms with Gasteiger partial charge in [-0.1, -0.05) is 91.4 Å². The molecular weight excluding hydrogens is 370 g/mol. The van der Waals surface area contributed by atoms with Crippen LogP contribution in [-0.2, 0) is 9.53 Å². The van der Waals surface area contributed by atoms with Gasteiger partial charge in [0.05, 0.1) is 5.41 Å². The molecule has 0 amide bonds. The summed E-state index contributed by atoms with van der Waals surface area (Å²) in [7, 11) is 0. The molecule has 0 heterocycles. The molecule has 0 bridgehead atoms. The molecule has 0 rings (SSSR count). The molecule has 0 saturated heterocycles. The number of hydrogen-bond acceptors (Lipinski definition) is 3. The first-order valence-corrected chi connectivity index (χ1v) is 13.4. The summed E-state index contributed by atoms with van der Waals surface area (Å²) in [5, 5.41) is 3.38. The normalized spacial score (nSPS) is 11.9. The van der Waals surface area contributed by atoms with Gasteiger partial charge in [-0.15, -0.1) is 0 Å². The summed E-state index contributed by atoms with van der Waals surface area (Å²) in [5.41, 5.74) is -0.357. The molecule has 0 aliphatic carbocycles. The Labute approximate surface area is 189 Å². The summed E-state index contributed by atoms with van der Waals surface area (Å²) in [6.45, 7) is 13.0. The van der Waals surface area contributed by atoms with Crippen molar-refractivity contribution in [1.29, 1.82) is 0 Å². The van der Waals surface area contributed by atoms with E-state index in [1.165, 1.54) is 83.5 Å². The van der Waals surface area contributed by atoms with E-state index in [2.05, 4.69) is 39.9 Å². The molecule has 3 heteroatoms. The lowest BCUT2D eigenvalue weighted by atomic mass is 9.86. The highest BCUT2D eigenvalue weighted by Crippen LogP contribution is 2.28. The number of unbranched alkanes of at least 4 members (excludes halogenated alkanes) is 11. The summed E-state index contributed by atoms with van der Waals surface area (Å²) >= 11 is 0. The van der Waals surface area contributed by atoms with Gasteiger partial charge in [-0.25, -0.2) is 0 Å². The second-order valence-corrected chi connectivity index (χ2v) is 9.83. The van der Waals surface area contributed by atoms with Gasteiger partial charge in [-0.3, -0.25) is 4.79 Å². The van der Waals surface area contributed by atoms with Crippen LogP contribution in [0.3, 0.4) is 0 Å². The van der Waals surface area contributed by atoms with Crippen LogP contribution in [0.25, 0.3) is 0 Å². The lowest BCUT2D eigenvalue weighted by molar-refractivity contribution is -0.161. The minimum absolute atomic E-state index is 0.0299. The minimum Gasteiger partial charge on any atom is -0.462 e. The van der Waals surface area contributed by atoms with E-state index in [0.29, 0.717) is 0 Å². The lowest BCUT2D eigenvalue weighted by Crippen LogP contribution is -2.31. The van der Waals surface area contributed by atoms with Crippen molar-refractivity contribution >= 4 is 5.97 Å². The summed E-state index contributed by atoms with van der Waals surface area (Å²) in [5.74, 6) is 0.0299. The molecule has 0 unspecified atom stereocenters. The van der Waals surface area contributed by atoms with Crippen LogP contribution in [0.15, 0.2) is 0 Å². The van der Waals surface area contributed by atoms with Gasteiger partial charge in [0.2, 0.25) is 0 Å². The highest BCUT2D eigenvalue weighted by Gasteiger charge is 2.30. The maximum absolute atomic E-state index is 12.9. The molecule has 0 aromatic rings. The zero-order valence-electron chi connectivity index (χ0n) is 21.3. The first kappa shape index (κ1) is 29.4. The van der Waals surface area contributed by atoms with Crippen LogP contribution >= 0.6 is 0 Å². The van der Waals surface area contributed by atoms with E-state index in [1.807, 2.05) is 0 Å². The molecule has 0 aliphatic heterocycles. The first-order valence-electron chi connectivity index (χ1n) is 13.4. The van der Waals surface area contributed by atoms with Crippen molar-refractivity contribution in [3.8, 4) is 0 Å². The fourth-order valence-corrected chi connectivity index (χ4v) is 3.97. The van der Waals surface area contributed by atoms with E-state index < -0.39 is 0 Å². The van der Waals surface area contributed by atoms with Crippen LogP contribution in [0, 0.1) is 5.41 Å². The number of carbonyl (C=O) groups is 1. The van der Waals surface area contributed by atoms with Crippen LogP contribution in [0.4, 0.5) is 0 Å². The standard InChI is InChI=1S/C27H55NO2/c1-6-9-11-13-17-21-25(22-18-14-12-10-7-2)30-26(29)27(4,5)23-19-15-16-20-24-28-8-3/h25,28H,6-24H2,1-5H3. The van der Waals surface area contributed by atoms with Gasteiger partial charge in [0.25, 0.3) is 0 Å². The molecule has 0 atom stereocenters. The molecule has 3 nitrogen and oxygen atoms in total. The molecule has 0 radical (unpaired) electrons. The van der Waals surface area contributed by atoms with Crippen LogP contribution in [-0.4, -0.2) is 25.2 Å². The zero-order valence-corrected chi connectivity index (χ0v) is 21.3. The Bertz CT molecular complexity index is 367. The number of carbonyl (C=O) groups excluding carboxylic acids is 1. The summed E-state index contributed by atoms with van der Waals surface area (Å²) in [6, 6.07) is 0. The number of nitrogens with one attached hydrogen (secondary N) is 1. The Hall–Kier alpha value is -0.570. The fourth-order valence-electron chi connectivity index (χ4n) is 3.97. The quantitative estimate of drug-likeness (QED) is 0.140. The van der Waals surface area contributed by atoms with Gasteiger partial charge in [-0.2, -0.15) is 0 Å². The van der Waals surface area contributed by atoms with Crippen molar-refractivity contribution in [1.82, 2.24) is 5.32 Å². The minimum atomic E-state index is -0.357. The number of esters is 1. The Morgan fingerprint density at radius 1 is 0.733 bits per heavy atom. The Morgan fingerprint density at radius 3 is 1.77 bits per heavy atom. The number of rotatable bonds is 22. The van der Waals surface area contributed by atoms with Crippen molar-refractivity contribution in [2.45, 2.75) is 150 Å². The monoisotopic (exact) mass is 425 g/mol. The van der Waals surface area contributed by atoms with Gasteiger partial charge in [-0.05, 0) is 65.5 Å². The topological polar surface area (TPSA) is 38.3 Å².